The van der Waals surface area contributed by atoms with Crippen molar-refractivity contribution in [2.75, 3.05) is 25.1 Å². The molecule has 0 saturated carbocycles. The zero-order valence-electron chi connectivity index (χ0n) is 12.2. The lowest BCUT2D eigenvalue weighted by Gasteiger charge is -2.22. The molecule has 2 aromatic heterocycles. The first-order chi connectivity index (χ1) is 10.4. The van der Waals surface area contributed by atoms with Gasteiger partial charge < -0.3 is 9.64 Å². The number of hydrogen-bond acceptors (Lipinski definition) is 6. The number of rotatable bonds is 3. The van der Waals surface area contributed by atoms with Crippen LogP contribution in [0.25, 0.3) is 5.65 Å². The van der Waals surface area contributed by atoms with E-state index in [-0.39, 0.29) is 11.6 Å². The molecule has 1 atom stereocenters. The fraction of sp³-hybridized carbons (Fsp3) is 0.538. The number of carbonyl (C=O) groups excluding carboxylic acids is 1. The lowest BCUT2D eigenvalue weighted by molar-refractivity contribution is -0.150. The van der Waals surface area contributed by atoms with E-state index in [9.17, 15) is 13.6 Å². The third-order valence-electron chi connectivity index (χ3n) is 3.94. The predicted molar refractivity (Wildman–Crippen MR) is 72.7 cm³/mol. The Hall–Kier alpha value is -2.32. The van der Waals surface area contributed by atoms with Crippen LogP contribution in [0.15, 0.2) is 12.1 Å². The number of carbonyl (C=O) groups is 1. The van der Waals surface area contributed by atoms with Crippen LogP contribution in [0, 0.1) is 5.41 Å². The summed E-state index contributed by atoms with van der Waals surface area (Å²) < 4.78 is 31.6. The molecule has 3 heterocycles. The number of ether oxygens (including phenoxy) is 1. The third kappa shape index (κ3) is 2.26. The van der Waals surface area contributed by atoms with E-state index in [1.807, 2.05) is 11.8 Å². The van der Waals surface area contributed by atoms with Gasteiger partial charge in [0.15, 0.2) is 5.65 Å². The van der Waals surface area contributed by atoms with Gasteiger partial charge in [0.25, 0.3) is 6.43 Å². The largest absolute Gasteiger partial charge is 0.469 e. The maximum atomic E-state index is 12.9. The number of nitrogens with zero attached hydrogens (tertiary/aromatic N) is 5. The van der Waals surface area contributed by atoms with Crippen LogP contribution in [-0.4, -0.2) is 46.0 Å². The first kappa shape index (κ1) is 14.6. The normalized spacial score (nSPS) is 21.8. The summed E-state index contributed by atoms with van der Waals surface area (Å²) in [6, 6.07) is 3.26. The van der Waals surface area contributed by atoms with Crippen molar-refractivity contribution in [1.82, 2.24) is 19.8 Å². The summed E-state index contributed by atoms with van der Waals surface area (Å²) in [7, 11) is 1.35. The van der Waals surface area contributed by atoms with Crippen LogP contribution in [0.3, 0.4) is 0 Å². The average Bonchev–Trinajstić information content (AvgIpc) is 3.10. The molecule has 2 aromatic rings. The molecular formula is C13H15F2N5O2. The van der Waals surface area contributed by atoms with E-state index in [1.54, 1.807) is 12.1 Å². The summed E-state index contributed by atoms with van der Waals surface area (Å²) in [6.45, 7) is 2.83. The van der Waals surface area contributed by atoms with Crippen molar-refractivity contribution >= 4 is 17.4 Å². The second kappa shape index (κ2) is 5.15. The van der Waals surface area contributed by atoms with Crippen molar-refractivity contribution in [2.45, 2.75) is 19.8 Å². The molecule has 0 amide bonds. The molecule has 3 rings (SSSR count). The van der Waals surface area contributed by atoms with Crippen molar-refractivity contribution in [3.05, 3.63) is 18.0 Å². The monoisotopic (exact) mass is 311 g/mol. The second-order valence-electron chi connectivity index (χ2n) is 5.54. The standard InChI is InChI=1S/C13H15F2N5O2/c1-13(12(21)22-2)5-6-19(7-13)9-4-3-8-16-17-11(10(14)15)20(8)18-9/h3-4,10H,5-7H2,1-2H3. The minimum atomic E-state index is -2.75. The first-order valence-electron chi connectivity index (χ1n) is 6.78. The van der Waals surface area contributed by atoms with Crippen LogP contribution in [0.1, 0.15) is 25.6 Å². The van der Waals surface area contributed by atoms with E-state index >= 15 is 0 Å². The summed E-state index contributed by atoms with van der Waals surface area (Å²) in [5.74, 6) is -0.276. The van der Waals surface area contributed by atoms with Crippen LogP contribution in [0.4, 0.5) is 14.6 Å². The molecule has 1 saturated heterocycles. The number of alkyl halides is 2. The molecule has 0 bridgehead atoms. The average molecular weight is 311 g/mol. The van der Waals surface area contributed by atoms with Gasteiger partial charge in [0.1, 0.15) is 5.82 Å². The second-order valence-corrected chi connectivity index (χ2v) is 5.54. The zero-order chi connectivity index (χ0) is 15.9. The molecule has 0 radical (unpaired) electrons. The van der Waals surface area contributed by atoms with E-state index < -0.39 is 17.7 Å². The molecular weight excluding hydrogens is 296 g/mol. The Balaban J connectivity index is 1.91. The van der Waals surface area contributed by atoms with E-state index in [4.69, 9.17) is 4.74 Å². The number of aromatic nitrogens is 4. The highest BCUT2D eigenvalue weighted by molar-refractivity contribution is 5.78. The Bertz CT molecular complexity index is 720. The van der Waals surface area contributed by atoms with Crippen LogP contribution in [-0.2, 0) is 9.53 Å². The number of fused-ring (bicyclic) bond motifs is 1. The molecule has 0 aromatic carbocycles. The molecule has 0 spiro atoms. The van der Waals surface area contributed by atoms with Gasteiger partial charge in [-0.25, -0.2) is 8.78 Å². The van der Waals surface area contributed by atoms with Gasteiger partial charge in [-0.15, -0.1) is 15.3 Å². The van der Waals surface area contributed by atoms with Gasteiger partial charge >= 0.3 is 5.97 Å². The topological polar surface area (TPSA) is 72.6 Å². The van der Waals surface area contributed by atoms with Crippen LogP contribution in [0.2, 0.25) is 0 Å². The smallest absolute Gasteiger partial charge is 0.313 e. The van der Waals surface area contributed by atoms with Crippen molar-refractivity contribution in [1.29, 1.82) is 0 Å². The van der Waals surface area contributed by atoms with Gasteiger partial charge in [-0.2, -0.15) is 4.52 Å². The number of methoxy groups -OCH3 is 1. The third-order valence-corrected chi connectivity index (χ3v) is 3.94. The highest BCUT2D eigenvalue weighted by atomic mass is 19.3. The Kier molecular flexibility index (Phi) is 3.42. The molecule has 118 valence electrons. The fourth-order valence-electron chi connectivity index (χ4n) is 2.67. The highest BCUT2D eigenvalue weighted by Crippen LogP contribution is 2.33. The van der Waals surface area contributed by atoms with E-state index in [2.05, 4.69) is 15.3 Å². The minimum absolute atomic E-state index is 0.258. The van der Waals surface area contributed by atoms with Crippen molar-refractivity contribution < 1.29 is 18.3 Å². The Morgan fingerprint density at radius 1 is 1.41 bits per heavy atom. The quantitative estimate of drug-likeness (QED) is 0.799. The Morgan fingerprint density at radius 2 is 2.18 bits per heavy atom. The summed E-state index contributed by atoms with van der Waals surface area (Å²) >= 11 is 0. The van der Waals surface area contributed by atoms with Gasteiger partial charge in [-0.05, 0) is 25.5 Å². The van der Waals surface area contributed by atoms with Crippen LogP contribution < -0.4 is 4.90 Å². The SMILES string of the molecule is COC(=O)C1(C)CCN(c2ccc3nnc(C(F)F)n3n2)C1. The molecule has 1 aliphatic rings. The molecule has 1 unspecified atom stereocenters. The number of anilines is 1. The molecule has 0 N–H and O–H groups in total. The van der Waals surface area contributed by atoms with Gasteiger partial charge in [0, 0.05) is 13.1 Å². The Morgan fingerprint density at radius 3 is 2.86 bits per heavy atom. The lowest BCUT2D eigenvalue weighted by Crippen LogP contribution is -2.33. The van der Waals surface area contributed by atoms with Gasteiger partial charge in [-0.1, -0.05) is 0 Å². The summed E-state index contributed by atoms with van der Waals surface area (Å²) in [4.78, 5) is 13.7. The van der Waals surface area contributed by atoms with Crippen molar-refractivity contribution in [3.63, 3.8) is 0 Å². The van der Waals surface area contributed by atoms with Gasteiger partial charge in [0.2, 0.25) is 5.82 Å². The number of esters is 1. The maximum absolute atomic E-state index is 12.9. The van der Waals surface area contributed by atoms with Crippen LogP contribution >= 0.6 is 0 Å². The molecule has 7 nitrogen and oxygen atoms in total. The Labute approximate surface area is 124 Å². The molecule has 0 aliphatic carbocycles. The van der Waals surface area contributed by atoms with E-state index in [1.165, 1.54) is 7.11 Å². The summed E-state index contributed by atoms with van der Waals surface area (Å²) in [5, 5.41) is 11.3. The number of halogens is 2. The fourth-order valence-corrected chi connectivity index (χ4v) is 2.67. The maximum Gasteiger partial charge on any atom is 0.313 e. The number of hydrogen-bond donors (Lipinski definition) is 0. The molecule has 1 fully saturated rings. The van der Waals surface area contributed by atoms with Gasteiger partial charge in [-0.3, -0.25) is 4.79 Å². The first-order valence-corrected chi connectivity index (χ1v) is 6.78. The minimum Gasteiger partial charge on any atom is -0.469 e. The van der Waals surface area contributed by atoms with Crippen molar-refractivity contribution in [2.24, 2.45) is 5.41 Å². The molecule has 9 heteroatoms. The van der Waals surface area contributed by atoms with E-state index in [0.717, 1.165) is 4.52 Å². The zero-order valence-corrected chi connectivity index (χ0v) is 12.2. The van der Waals surface area contributed by atoms with Crippen molar-refractivity contribution in [3.8, 4) is 0 Å². The lowest BCUT2D eigenvalue weighted by atomic mass is 9.90. The molecule has 1 aliphatic heterocycles. The predicted octanol–water partition coefficient (Wildman–Crippen LogP) is 1.45. The van der Waals surface area contributed by atoms with Crippen LogP contribution in [0.5, 0.6) is 0 Å². The van der Waals surface area contributed by atoms with E-state index in [0.29, 0.717) is 25.3 Å². The van der Waals surface area contributed by atoms with Gasteiger partial charge in [0.05, 0.1) is 12.5 Å². The highest BCUT2D eigenvalue weighted by Gasteiger charge is 2.42. The summed E-state index contributed by atoms with van der Waals surface area (Å²) in [5.41, 5.74) is -0.363. The summed E-state index contributed by atoms with van der Waals surface area (Å²) in [6.07, 6.45) is -2.14. The molecule has 22 heavy (non-hydrogen) atoms.